The number of piperidine rings is 1. The fraction of sp³-hybridized carbons (Fsp3) is 0.526. The van der Waals surface area contributed by atoms with Gasteiger partial charge in [-0.05, 0) is 24.8 Å². The van der Waals surface area contributed by atoms with E-state index in [4.69, 9.17) is 4.98 Å². The molecule has 0 spiro atoms. The molecular weight excluding hydrogens is 312 g/mol. The predicted octanol–water partition coefficient (Wildman–Crippen LogP) is 2.18. The Kier molecular flexibility index (Phi) is 5.06. The van der Waals surface area contributed by atoms with Crippen molar-refractivity contribution in [1.82, 2.24) is 20.1 Å². The van der Waals surface area contributed by atoms with Crippen LogP contribution >= 0.6 is 0 Å². The van der Waals surface area contributed by atoms with Crippen molar-refractivity contribution in [3.63, 3.8) is 0 Å². The minimum atomic E-state index is 0.795. The monoisotopic (exact) mass is 338 g/mol. The van der Waals surface area contributed by atoms with Gasteiger partial charge in [-0.3, -0.25) is 4.90 Å². The summed E-state index contributed by atoms with van der Waals surface area (Å²) in [6.45, 7) is 7.22. The van der Waals surface area contributed by atoms with Gasteiger partial charge in [-0.2, -0.15) is 10.1 Å². The Bertz CT molecular complexity index is 663. The molecule has 2 fully saturated rings. The molecule has 0 unspecified atom stereocenters. The normalized spacial score (nSPS) is 19.2. The highest BCUT2D eigenvalue weighted by Gasteiger charge is 2.20. The first kappa shape index (κ1) is 16.3. The molecule has 6 heteroatoms. The lowest BCUT2D eigenvalue weighted by Crippen LogP contribution is -2.46. The summed E-state index contributed by atoms with van der Waals surface area (Å²) in [5.74, 6) is 1.76. The number of benzene rings is 1. The van der Waals surface area contributed by atoms with Crippen LogP contribution in [-0.4, -0.2) is 59.3 Å². The van der Waals surface area contributed by atoms with Crippen molar-refractivity contribution in [3.8, 4) is 0 Å². The van der Waals surface area contributed by atoms with Crippen molar-refractivity contribution in [2.45, 2.75) is 25.8 Å². The van der Waals surface area contributed by atoms with Gasteiger partial charge in [0.15, 0.2) is 5.82 Å². The minimum absolute atomic E-state index is 0.795. The highest BCUT2D eigenvalue weighted by molar-refractivity contribution is 5.42. The van der Waals surface area contributed by atoms with Crippen LogP contribution in [0.15, 0.2) is 36.5 Å². The van der Waals surface area contributed by atoms with Crippen LogP contribution < -0.4 is 9.80 Å². The van der Waals surface area contributed by atoms with Gasteiger partial charge in [0.05, 0.1) is 6.20 Å². The first-order valence-corrected chi connectivity index (χ1v) is 9.34. The van der Waals surface area contributed by atoms with Gasteiger partial charge in [0.25, 0.3) is 0 Å². The molecule has 1 aromatic heterocycles. The first-order chi connectivity index (χ1) is 12.4. The molecule has 0 radical (unpaired) electrons. The molecule has 0 aliphatic carbocycles. The Morgan fingerprint density at radius 1 is 0.800 bits per heavy atom. The lowest BCUT2D eigenvalue weighted by molar-refractivity contribution is 0.249. The third-order valence-corrected chi connectivity index (χ3v) is 5.12. The summed E-state index contributed by atoms with van der Waals surface area (Å²) in [5.41, 5.74) is 1.38. The molecule has 1 aromatic carbocycles. The predicted molar refractivity (Wildman–Crippen MR) is 99.8 cm³/mol. The molecule has 4 rings (SSSR count). The highest BCUT2D eigenvalue weighted by Crippen LogP contribution is 2.19. The van der Waals surface area contributed by atoms with Crippen molar-refractivity contribution in [3.05, 3.63) is 42.1 Å². The van der Waals surface area contributed by atoms with E-state index < -0.39 is 0 Å². The van der Waals surface area contributed by atoms with Crippen LogP contribution in [0.25, 0.3) is 0 Å². The summed E-state index contributed by atoms with van der Waals surface area (Å²) in [4.78, 5) is 11.9. The maximum Gasteiger partial charge on any atom is 0.247 e. The average Bonchev–Trinajstić information content (AvgIpc) is 2.70. The maximum atomic E-state index is 4.79. The molecule has 6 nitrogen and oxygen atoms in total. The number of hydrogen-bond acceptors (Lipinski definition) is 6. The number of piperazine rings is 1. The molecule has 0 atom stereocenters. The van der Waals surface area contributed by atoms with Crippen molar-refractivity contribution < 1.29 is 0 Å². The van der Waals surface area contributed by atoms with E-state index in [0.717, 1.165) is 57.6 Å². The van der Waals surface area contributed by atoms with E-state index in [0.29, 0.717) is 0 Å². The second-order valence-electron chi connectivity index (χ2n) is 6.91. The quantitative estimate of drug-likeness (QED) is 0.852. The zero-order valence-electron chi connectivity index (χ0n) is 14.7. The fourth-order valence-electron chi connectivity index (χ4n) is 3.64. The van der Waals surface area contributed by atoms with Gasteiger partial charge in [-0.15, -0.1) is 5.10 Å². The minimum Gasteiger partial charge on any atom is -0.353 e. The van der Waals surface area contributed by atoms with Crippen LogP contribution in [0.1, 0.15) is 24.8 Å². The third kappa shape index (κ3) is 4.07. The molecule has 2 saturated heterocycles. The molecule has 0 amide bonds. The van der Waals surface area contributed by atoms with Crippen LogP contribution in [0.2, 0.25) is 0 Å². The SMILES string of the molecule is c1ccc(CN2CCN(c3cnnc(N4CCCCC4)n3)CC2)cc1. The fourth-order valence-corrected chi connectivity index (χ4v) is 3.64. The molecule has 25 heavy (non-hydrogen) atoms. The van der Waals surface area contributed by atoms with Crippen LogP contribution in [-0.2, 0) is 6.54 Å². The zero-order chi connectivity index (χ0) is 16.9. The summed E-state index contributed by atoms with van der Waals surface area (Å²) < 4.78 is 0. The van der Waals surface area contributed by atoms with Gasteiger partial charge >= 0.3 is 0 Å². The van der Waals surface area contributed by atoms with E-state index in [-0.39, 0.29) is 0 Å². The molecule has 0 bridgehead atoms. The number of nitrogens with zero attached hydrogens (tertiary/aromatic N) is 6. The van der Waals surface area contributed by atoms with Crippen molar-refractivity contribution >= 4 is 11.8 Å². The molecular formula is C19H26N6. The standard InChI is InChI=1S/C19H26N6/c1-3-7-17(8-4-1)16-23-11-13-24(14-12-23)18-15-20-22-19(21-18)25-9-5-2-6-10-25/h1,3-4,7-8,15H,2,5-6,9-14,16H2. The molecule has 2 aliphatic rings. The molecule has 2 aliphatic heterocycles. The third-order valence-electron chi connectivity index (χ3n) is 5.12. The second-order valence-corrected chi connectivity index (χ2v) is 6.91. The molecule has 0 saturated carbocycles. The van der Waals surface area contributed by atoms with Gasteiger partial charge in [0, 0.05) is 45.8 Å². The summed E-state index contributed by atoms with van der Waals surface area (Å²) in [7, 11) is 0. The van der Waals surface area contributed by atoms with Crippen molar-refractivity contribution in [2.24, 2.45) is 0 Å². The van der Waals surface area contributed by atoms with Crippen LogP contribution in [0, 0.1) is 0 Å². The Morgan fingerprint density at radius 3 is 2.32 bits per heavy atom. The van der Waals surface area contributed by atoms with Gasteiger partial charge in [-0.1, -0.05) is 30.3 Å². The Balaban J connectivity index is 1.36. The molecule has 132 valence electrons. The summed E-state index contributed by atoms with van der Waals surface area (Å²) in [6, 6.07) is 10.7. The zero-order valence-corrected chi connectivity index (χ0v) is 14.7. The lowest BCUT2D eigenvalue weighted by Gasteiger charge is -2.35. The lowest BCUT2D eigenvalue weighted by atomic mass is 10.1. The summed E-state index contributed by atoms with van der Waals surface area (Å²) >= 11 is 0. The van der Waals surface area contributed by atoms with Crippen LogP contribution in [0.3, 0.4) is 0 Å². The van der Waals surface area contributed by atoms with Gasteiger partial charge < -0.3 is 9.80 Å². The molecule has 0 N–H and O–H groups in total. The smallest absolute Gasteiger partial charge is 0.247 e. The largest absolute Gasteiger partial charge is 0.353 e. The number of aromatic nitrogens is 3. The Labute approximate surface area is 149 Å². The van der Waals surface area contributed by atoms with E-state index in [1.165, 1.54) is 24.8 Å². The summed E-state index contributed by atoms with van der Waals surface area (Å²) in [5, 5.41) is 8.47. The first-order valence-electron chi connectivity index (χ1n) is 9.34. The van der Waals surface area contributed by atoms with Crippen molar-refractivity contribution in [1.29, 1.82) is 0 Å². The Hall–Kier alpha value is -2.21. The second kappa shape index (κ2) is 7.78. The topological polar surface area (TPSA) is 48.4 Å². The maximum absolute atomic E-state index is 4.79. The summed E-state index contributed by atoms with van der Waals surface area (Å²) in [6.07, 6.45) is 5.57. The van der Waals surface area contributed by atoms with E-state index in [9.17, 15) is 0 Å². The number of hydrogen-bond donors (Lipinski definition) is 0. The number of anilines is 2. The van der Waals surface area contributed by atoms with E-state index >= 15 is 0 Å². The van der Waals surface area contributed by atoms with Gasteiger partial charge in [0.1, 0.15) is 0 Å². The average molecular weight is 338 g/mol. The molecule has 2 aromatic rings. The van der Waals surface area contributed by atoms with Crippen molar-refractivity contribution in [2.75, 3.05) is 49.1 Å². The van der Waals surface area contributed by atoms with Crippen LogP contribution in [0.4, 0.5) is 11.8 Å². The molecule has 3 heterocycles. The van der Waals surface area contributed by atoms with Gasteiger partial charge in [-0.25, -0.2) is 0 Å². The van der Waals surface area contributed by atoms with Gasteiger partial charge in [0.2, 0.25) is 5.95 Å². The number of rotatable bonds is 4. The van der Waals surface area contributed by atoms with E-state index in [1.807, 2.05) is 0 Å². The van der Waals surface area contributed by atoms with E-state index in [1.54, 1.807) is 6.20 Å². The van der Waals surface area contributed by atoms with E-state index in [2.05, 4.69) is 55.2 Å². The Morgan fingerprint density at radius 2 is 1.56 bits per heavy atom. The highest BCUT2D eigenvalue weighted by atomic mass is 15.4. The van der Waals surface area contributed by atoms with Crippen LogP contribution in [0.5, 0.6) is 0 Å².